The molecule has 0 fully saturated rings. The summed E-state index contributed by atoms with van der Waals surface area (Å²) in [6.45, 7) is 0.223. The van der Waals surface area contributed by atoms with Crippen LogP contribution in [0.5, 0.6) is 5.75 Å². The van der Waals surface area contributed by atoms with Crippen molar-refractivity contribution < 1.29 is 14.6 Å². The predicted octanol–water partition coefficient (Wildman–Crippen LogP) is 5.16. The second-order valence-corrected chi connectivity index (χ2v) is 7.19. The van der Waals surface area contributed by atoms with Gasteiger partial charge in [-0.3, -0.25) is 25.7 Å². The van der Waals surface area contributed by atoms with Gasteiger partial charge in [0.25, 0.3) is 5.69 Å². The summed E-state index contributed by atoms with van der Waals surface area (Å²) in [5.41, 5.74) is 3.68. The van der Waals surface area contributed by atoms with Crippen molar-refractivity contribution in [2.45, 2.75) is 6.61 Å². The van der Waals surface area contributed by atoms with Gasteiger partial charge >= 0.3 is 5.69 Å². The molecule has 1 N–H and O–H groups in total. The molecule has 0 unspecified atom stereocenters. The van der Waals surface area contributed by atoms with E-state index < -0.39 is 15.5 Å². The zero-order valence-corrected chi connectivity index (χ0v) is 17.9. The SMILES string of the molecule is N#Cc1ccccc1COc1ccc(/C=N\Nc2ccc([N+](=O)[O-])cc2[N+](=O)[O-])cc1Br. The number of nitriles is 1. The van der Waals surface area contributed by atoms with Crippen LogP contribution in [0.4, 0.5) is 17.1 Å². The first kappa shape index (κ1) is 22.4. The van der Waals surface area contributed by atoms with E-state index in [-0.39, 0.29) is 18.0 Å². The highest BCUT2D eigenvalue weighted by Gasteiger charge is 2.19. The molecule has 3 aromatic carbocycles. The quantitative estimate of drug-likeness (QED) is 0.258. The Balaban J connectivity index is 1.69. The number of nitrogens with one attached hydrogen (secondary N) is 1. The average molecular weight is 496 g/mol. The van der Waals surface area contributed by atoms with E-state index in [4.69, 9.17) is 10.00 Å². The van der Waals surface area contributed by atoms with Crippen LogP contribution in [0.3, 0.4) is 0 Å². The van der Waals surface area contributed by atoms with E-state index in [2.05, 4.69) is 32.5 Å². The summed E-state index contributed by atoms with van der Waals surface area (Å²) in [5.74, 6) is 0.564. The van der Waals surface area contributed by atoms with Gasteiger partial charge in [0.15, 0.2) is 0 Å². The van der Waals surface area contributed by atoms with Gasteiger partial charge in [0.2, 0.25) is 0 Å². The molecule has 0 amide bonds. The van der Waals surface area contributed by atoms with Crippen LogP contribution < -0.4 is 10.2 Å². The largest absolute Gasteiger partial charge is 0.488 e. The standard InChI is InChI=1S/C21H14BrN5O5/c22-18-9-14(5-8-21(18)32-13-16-4-2-1-3-15(16)11-23)12-24-25-19-7-6-17(26(28)29)10-20(19)27(30)31/h1-10,12,25H,13H2/b24-12-. The molecule has 0 aliphatic rings. The van der Waals surface area contributed by atoms with E-state index in [0.717, 1.165) is 17.7 Å². The van der Waals surface area contributed by atoms with Crippen LogP contribution in [-0.4, -0.2) is 16.1 Å². The van der Waals surface area contributed by atoms with E-state index in [9.17, 15) is 20.2 Å². The maximum absolute atomic E-state index is 11.2. The molecule has 0 aliphatic heterocycles. The lowest BCUT2D eigenvalue weighted by molar-refractivity contribution is -0.393. The number of nitro groups is 2. The predicted molar refractivity (Wildman–Crippen MR) is 121 cm³/mol. The molecule has 0 radical (unpaired) electrons. The lowest BCUT2D eigenvalue weighted by Crippen LogP contribution is -2.00. The topological polar surface area (TPSA) is 144 Å². The van der Waals surface area contributed by atoms with Crippen molar-refractivity contribution in [2.75, 3.05) is 5.43 Å². The van der Waals surface area contributed by atoms with E-state index >= 15 is 0 Å². The molecule has 160 valence electrons. The third kappa shape index (κ3) is 5.44. The molecule has 0 heterocycles. The molecule has 0 atom stereocenters. The summed E-state index contributed by atoms with van der Waals surface area (Å²) in [6.07, 6.45) is 1.44. The monoisotopic (exact) mass is 495 g/mol. The number of hydrogen-bond acceptors (Lipinski definition) is 8. The number of rotatable bonds is 8. The molecule has 10 nitrogen and oxygen atoms in total. The van der Waals surface area contributed by atoms with E-state index in [1.807, 2.05) is 12.1 Å². The minimum absolute atomic E-state index is 0.0204. The maximum atomic E-state index is 11.2. The second kappa shape index (κ2) is 10.1. The highest BCUT2D eigenvalue weighted by molar-refractivity contribution is 9.10. The number of non-ortho nitro benzene ring substituents is 1. The maximum Gasteiger partial charge on any atom is 0.301 e. The number of halogens is 1. The second-order valence-electron chi connectivity index (χ2n) is 6.33. The van der Waals surface area contributed by atoms with E-state index in [0.29, 0.717) is 21.3 Å². The lowest BCUT2D eigenvalue weighted by atomic mass is 10.1. The first-order valence-electron chi connectivity index (χ1n) is 9.01. The molecule has 0 aliphatic carbocycles. The van der Waals surface area contributed by atoms with Crippen LogP contribution in [0.25, 0.3) is 0 Å². The van der Waals surface area contributed by atoms with Crippen LogP contribution in [0.15, 0.2) is 70.2 Å². The van der Waals surface area contributed by atoms with Crippen molar-refractivity contribution in [1.82, 2.24) is 0 Å². The van der Waals surface area contributed by atoms with Crippen molar-refractivity contribution in [3.8, 4) is 11.8 Å². The van der Waals surface area contributed by atoms with Crippen molar-refractivity contribution in [3.05, 3.63) is 102 Å². The van der Waals surface area contributed by atoms with E-state index in [1.165, 1.54) is 12.3 Å². The van der Waals surface area contributed by atoms with Crippen LogP contribution in [-0.2, 0) is 6.61 Å². The summed E-state index contributed by atoms with van der Waals surface area (Å²) < 4.78 is 6.43. The molecule has 3 aromatic rings. The lowest BCUT2D eigenvalue weighted by Gasteiger charge is -2.10. The van der Waals surface area contributed by atoms with Gasteiger partial charge in [-0.15, -0.1) is 0 Å². The van der Waals surface area contributed by atoms with Crippen LogP contribution >= 0.6 is 15.9 Å². The Morgan fingerprint density at radius 2 is 1.88 bits per heavy atom. The number of benzene rings is 3. The van der Waals surface area contributed by atoms with Gasteiger partial charge in [-0.2, -0.15) is 10.4 Å². The number of hydrazone groups is 1. The van der Waals surface area contributed by atoms with Crippen LogP contribution in [0.1, 0.15) is 16.7 Å². The fraction of sp³-hybridized carbons (Fsp3) is 0.0476. The number of ether oxygens (including phenoxy) is 1. The van der Waals surface area contributed by atoms with Gasteiger partial charge in [0.05, 0.1) is 38.2 Å². The molecular weight excluding hydrogens is 482 g/mol. The number of nitro benzene ring substituents is 2. The molecule has 0 spiro atoms. The summed E-state index contributed by atoms with van der Waals surface area (Å²) in [5, 5.41) is 35.1. The minimum Gasteiger partial charge on any atom is -0.488 e. The Kier molecular flexibility index (Phi) is 7.09. The molecule has 0 saturated heterocycles. The number of hydrogen-bond donors (Lipinski definition) is 1. The third-order valence-electron chi connectivity index (χ3n) is 4.26. The summed E-state index contributed by atoms with van der Waals surface area (Å²) in [7, 11) is 0. The van der Waals surface area contributed by atoms with Crippen molar-refractivity contribution in [3.63, 3.8) is 0 Å². The summed E-state index contributed by atoms with van der Waals surface area (Å²) >= 11 is 3.42. The number of nitrogens with zero attached hydrogens (tertiary/aromatic N) is 4. The van der Waals surface area contributed by atoms with Gasteiger partial charge < -0.3 is 4.74 Å². The van der Waals surface area contributed by atoms with Gasteiger partial charge in [-0.1, -0.05) is 18.2 Å². The Morgan fingerprint density at radius 1 is 1.09 bits per heavy atom. The summed E-state index contributed by atoms with van der Waals surface area (Å²) in [6, 6.07) is 17.7. The highest BCUT2D eigenvalue weighted by Crippen LogP contribution is 2.29. The molecule has 0 saturated carbocycles. The first-order valence-corrected chi connectivity index (χ1v) is 9.80. The van der Waals surface area contributed by atoms with Gasteiger partial charge in [-0.25, -0.2) is 0 Å². The van der Waals surface area contributed by atoms with Gasteiger partial charge in [0.1, 0.15) is 18.0 Å². The molecule has 32 heavy (non-hydrogen) atoms. The third-order valence-corrected chi connectivity index (χ3v) is 4.88. The van der Waals surface area contributed by atoms with E-state index in [1.54, 1.807) is 30.3 Å². The Hall–Kier alpha value is -4.30. The molecular formula is C21H14BrN5O5. The zero-order chi connectivity index (χ0) is 23.1. The molecule has 3 rings (SSSR count). The van der Waals surface area contributed by atoms with Crippen molar-refractivity contribution >= 4 is 39.2 Å². The van der Waals surface area contributed by atoms with Crippen molar-refractivity contribution in [2.24, 2.45) is 5.10 Å². The van der Waals surface area contributed by atoms with Gasteiger partial charge in [0, 0.05) is 11.6 Å². The summed E-state index contributed by atoms with van der Waals surface area (Å²) in [4.78, 5) is 20.5. The van der Waals surface area contributed by atoms with Crippen molar-refractivity contribution in [1.29, 1.82) is 5.26 Å². The smallest absolute Gasteiger partial charge is 0.301 e. The zero-order valence-electron chi connectivity index (χ0n) is 16.3. The molecule has 0 bridgehead atoms. The molecule has 11 heteroatoms. The minimum atomic E-state index is -0.724. The fourth-order valence-corrected chi connectivity index (χ4v) is 3.19. The Bertz CT molecular complexity index is 1260. The molecule has 0 aromatic heterocycles. The van der Waals surface area contributed by atoms with Crippen LogP contribution in [0.2, 0.25) is 0 Å². The average Bonchev–Trinajstić information content (AvgIpc) is 2.78. The Labute approximate surface area is 190 Å². The fourth-order valence-electron chi connectivity index (χ4n) is 2.68. The number of anilines is 1. The Morgan fingerprint density at radius 3 is 2.56 bits per heavy atom. The first-order chi connectivity index (χ1) is 15.4. The normalized spacial score (nSPS) is 10.5. The van der Waals surface area contributed by atoms with Gasteiger partial charge in [-0.05, 0) is 51.8 Å². The highest BCUT2D eigenvalue weighted by atomic mass is 79.9. The van der Waals surface area contributed by atoms with Crippen LogP contribution in [0, 0.1) is 31.6 Å².